The molecule has 5 aliphatic carbocycles. The predicted octanol–water partition coefficient (Wildman–Crippen LogP) is 0.377. The lowest BCUT2D eigenvalue weighted by Crippen LogP contribution is -2.70. The Balaban J connectivity index is 1.17. The van der Waals surface area contributed by atoms with Gasteiger partial charge in [0, 0.05) is 0 Å². The van der Waals surface area contributed by atoms with Crippen molar-refractivity contribution in [2.45, 2.75) is 179 Å². The number of carbonyl (C=O) groups is 4. The number of hydrogen-bond acceptors (Lipinski definition) is 17. The second kappa shape index (κ2) is 17.1. The smallest absolute Gasteiger partial charge is 0.317 e. The van der Waals surface area contributed by atoms with Gasteiger partial charge in [0.05, 0.1) is 23.5 Å². The summed E-state index contributed by atoms with van der Waals surface area (Å²) in [5.74, 6) is -5.47. The first-order valence-corrected chi connectivity index (χ1v) is 22.6. The Morgan fingerprint density at radius 1 is 0.734 bits per heavy atom. The van der Waals surface area contributed by atoms with Gasteiger partial charge in [-0.15, -0.1) is 0 Å². The van der Waals surface area contributed by atoms with Gasteiger partial charge in [-0.25, -0.2) is 0 Å². The van der Waals surface area contributed by atoms with Crippen molar-refractivity contribution in [2.24, 2.45) is 50.2 Å². The molecule has 362 valence electrons. The molecule has 4 saturated carbocycles. The molecule has 0 bridgehead atoms. The molecule has 7 aliphatic rings. The second-order valence-corrected chi connectivity index (χ2v) is 21.7. The average Bonchev–Trinajstić information content (AvgIpc) is 3.21. The van der Waals surface area contributed by atoms with Gasteiger partial charge >= 0.3 is 23.9 Å². The van der Waals surface area contributed by atoms with E-state index in [2.05, 4.69) is 33.8 Å². The van der Waals surface area contributed by atoms with Crippen LogP contribution in [0, 0.1) is 50.2 Å². The number of rotatable bonds is 10. The molecular weight excluding hydrogens is 844 g/mol. The van der Waals surface area contributed by atoms with Crippen molar-refractivity contribution >= 4 is 23.9 Å². The number of aliphatic carboxylic acids is 2. The summed E-state index contributed by atoms with van der Waals surface area (Å²) in [6.45, 7) is 10.9. The van der Waals surface area contributed by atoms with Crippen molar-refractivity contribution in [3.05, 3.63) is 11.6 Å². The van der Waals surface area contributed by atoms with Crippen molar-refractivity contribution in [2.75, 3.05) is 13.2 Å². The molecule has 7 rings (SSSR count). The highest BCUT2D eigenvalue weighted by Crippen LogP contribution is 2.76. The molecule has 2 heterocycles. The predicted molar refractivity (Wildman–Crippen MR) is 217 cm³/mol. The van der Waals surface area contributed by atoms with Crippen LogP contribution in [0.2, 0.25) is 0 Å². The van der Waals surface area contributed by atoms with E-state index in [9.17, 15) is 65.1 Å². The average molecular weight is 913 g/mol. The van der Waals surface area contributed by atoms with Crippen LogP contribution in [0.4, 0.5) is 0 Å². The second-order valence-electron chi connectivity index (χ2n) is 21.7. The van der Waals surface area contributed by atoms with Crippen LogP contribution in [0.5, 0.6) is 0 Å². The van der Waals surface area contributed by atoms with E-state index in [1.165, 1.54) is 6.92 Å². The highest BCUT2D eigenvalue weighted by Gasteiger charge is 2.73. The Morgan fingerprint density at radius 3 is 1.97 bits per heavy atom. The van der Waals surface area contributed by atoms with Crippen LogP contribution in [-0.2, 0) is 42.9 Å². The van der Waals surface area contributed by atoms with Crippen LogP contribution in [-0.4, -0.2) is 162 Å². The topological polar surface area (TPSA) is 317 Å². The molecular formula is C45H68O19. The zero-order valence-electron chi connectivity index (χ0n) is 37.4. The van der Waals surface area contributed by atoms with Gasteiger partial charge in [0.25, 0.3) is 0 Å². The summed E-state index contributed by atoms with van der Waals surface area (Å²) in [6, 6.07) is 0. The summed E-state index contributed by atoms with van der Waals surface area (Å²) in [4.78, 5) is 51.2. The number of carbonyl (C=O) groups excluding carboxylic acids is 2. The third-order valence-corrected chi connectivity index (χ3v) is 17.8. The first-order chi connectivity index (χ1) is 29.7. The van der Waals surface area contributed by atoms with E-state index in [1.807, 2.05) is 6.92 Å². The number of fused-ring (bicyclic) bond motifs is 7. The molecule has 64 heavy (non-hydrogen) atoms. The Morgan fingerprint density at radius 2 is 1.34 bits per heavy atom. The molecule has 6 fully saturated rings. The molecule has 2 aliphatic heterocycles. The molecule has 0 amide bonds. The molecule has 0 spiro atoms. The fraction of sp³-hybridized carbons (Fsp3) is 0.867. The highest BCUT2D eigenvalue weighted by atomic mass is 16.7. The minimum absolute atomic E-state index is 0.0980. The molecule has 19 nitrogen and oxygen atoms in total. The minimum Gasteiger partial charge on any atom is -0.481 e. The summed E-state index contributed by atoms with van der Waals surface area (Å²) in [7, 11) is 0. The molecule has 0 aromatic heterocycles. The number of ether oxygens (including phenoxy) is 5. The van der Waals surface area contributed by atoms with E-state index < -0.39 is 150 Å². The van der Waals surface area contributed by atoms with Crippen LogP contribution in [0.1, 0.15) is 106 Å². The van der Waals surface area contributed by atoms with Gasteiger partial charge in [0.1, 0.15) is 68.0 Å². The fourth-order valence-corrected chi connectivity index (χ4v) is 14.0. The van der Waals surface area contributed by atoms with Crippen molar-refractivity contribution in [3.63, 3.8) is 0 Å². The third-order valence-electron chi connectivity index (χ3n) is 17.8. The fourth-order valence-electron chi connectivity index (χ4n) is 14.0. The van der Waals surface area contributed by atoms with E-state index in [1.54, 1.807) is 0 Å². The van der Waals surface area contributed by atoms with Crippen LogP contribution in [0.15, 0.2) is 11.6 Å². The Labute approximate surface area is 371 Å². The number of aliphatic hydroxyl groups excluding tert-OH is 8. The van der Waals surface area contributed by atoms with Gasteiger partial charge in [0.15, 0.2) is 6.29 Å². The lowest BCUT2D eigenvalue weighted by molar-refractivity contribution is -0.340. The summed E-state index contributed by atoms with van der Waals surface area (Å²) in [6.07, 6.45) is -14.1. The van der Waals surface area contributed by atoms with E-state index >= 15 is 0 Å². The van der Waals surface area contributed by atoms with Gasteiger partial charge in [-0.05, 0) is 104 Å². The first kappa shape index (κ1) is 49.1. The summed E-state index contributed by atoms with van der Waals surface area (Å²) in [5, 5.41) is 106. The van der Waals surface area contributed by atoms with Crippen LogP contribution < -0.4 is 0 Å². The van der Waals surface area contributed by atoms with E-state index in [4.69, 9.17) is 28.8 Å². The van der Waals surface area contributed by atoms with Crippen LogP contribution >= 0.6 is 0 Å². The van der Waals surface area contributed by atoms with Gasteiger partial charge in [-0.3, -0.25) is 19.2 Å². The largest absolute Gasteiger partial charge is 0.481 e. The van der Waals surface area contributed by atoms with Crippen molar-refractivity contribution in [1.82, 2.24) is 0 Å². The minimum atomic E-state index is -1.91. The monoisotopic (exact) mass is 912 g/mol. The van der Waals surface area contributed by atoms with Gasteiger partial charge in [0.2, 0.25) is 6.29 Å². The molecule has 20 atom stereocenters. The highest BCUT2D eigenvalue weighted by molar-refractivity contribution is 5.90. The summed E-state index contributed by atoms with van der Waals surface area (Å²) < 4.78 is 28.4. The number of esters is 2. The Kier molecular flexibility index (Phi) is 13.1. The molecule has 2 saturated heterocycles. The van der Waals surface area contributed by atoms with Gasteiger partial charge in [-0.1, -0.05) is 46.3 Å². The molecule has 10 N–H and O–H groups in total. The maximum Gasteiger partial charge on any atom is 0.317 e. The Hall–Kier alpha value is -2.82. The zero-order chi connectivity index (χ0) is 47.3. The lowest BCUT2D eigenvalue weighted by Gasteiger charge is -2.71. The van der Waals surface area contributed by atoms with E-state index in [0.29, 0.717) is 44.9 Å². The third kappa shape index (κ3) is 7.62. The van der Waals surface area contributed by atoms with Crippen molar-refractivity contribution in [3.8, 4) is 0 Å². The Bertz CT molecular complexity index is 1850. The van der Waals surface area contributed by atoms with Crippen LogP contribution in [0.3, 0.4) is 0 Å². The van der Waals surface area contributed by atoms with Gasteiger partial charge < -0.3 is 74.7 Å². The van der Waals surface area contributed by atoms with E-state index in [-0.39, 0.29) is 23.7 Å². The number of carboxylic acid groups (broad SMARTS) is 2. The molecule has 0 radical (unpaired) electrons. The number of hydrogen-bond donors (Lipinski definition) is 10. The van der Waals surface area contributed by atoms with Crippen LogP contribution in [0.25, 0.3) is 0 Å². The molecule has 0 aromatic carbocycles. The molecule has 19 heteroatoms. The maximum absolute atomic E-state index is 14.6. The standard InChI is InChI=1S/C45H68O19/c1-40(2)11-13-45(39(59)64-37-34(56)31(53)29(51)23(18-46)61-37)14-12-42(4)20(21(45)16-40)7-8-25-41(3)17-22(47)35(44(6,38(57)58)26(41)9-10-43(25,42)5)63-36-33(55)32(54)30(52)24(62-36)19-60-28(50)15-27(48)49/h7,21-26,29-37,46-47,51-56H,8-19H2,1-6H3,(H,48,49)(H,57,58)/t21-,22-,23+,24+,25?,26?,29+,30+,31-,32-,33+,34+,35-,36-,37-,41+,42+,43+,44-,45-/m0/s1. The summed E-state index contributed by atoms with van der Waals surface area (Å²) in [5.41, 5.74) is -3.58. The SMILES string of the molecule is CC1(C)CC[C@]2(C(=O)O[C@@H]3O[C@H](CO)[C@@H](O)[C@H](O)[C@H]3O)CC[C@]3(C)C(=CCC4[C@@]5(C)C[C@H](O)[C@H](O[C@@H]6O[C@H](COC(=O)CC(=O)O)[C@@H](O)[C@H](O)[C@H]6O)[C@@](C)(C(=O)O)C5CC[C@]43C)[C@@H]2C1. The first-order valence-electron chi connectivity index (χ1n) is 22.6. The normalized spacial score (nSPS) is 49.7. The molecule has 2 unspecified atom stereocenters. The lowest BCUT2D eigenvalue weighted by atomic mass is 9.33. The van der Waals surface area contributed by atoms with Crippen molar-refractivity contribution < 1.29 is 93.9 Å². The molecule has 0 aromatic rings. The van der Waals surface area contributed by atoms with E-state index in [0.717, 1.165) is 12.0 Å². The summed E-state index contributed by atoms with van der Waals surface area (Å²) >= 11 is 0. The number of aliphatic hydroxyl groups is 8. The van der Waals surface area contributed by atoms with Crippen molar-refractivity contribution in [1.29, 1.82) is 0 Å². The number of carboxylic acids is 2. The number of allylic oxidation sites excluding steroid dienone is 2. The quantitative estimate of drug-likeness (QED) is 0.0613. The van der Waals surface area contributed by atoms with Gasteiger partial charge in [-0.2, -0.15) is 0 Å². The zero-order valence-corrected chi connectivity index (χ0v) is 37.4. The maximum atomic E-state index is 14.6.